The molecular formula is C80H100. The van der Waals surface area contributed by atoms with Crippen LogP contribution in [0.4, 0.5) is 0 Å². The first-order valence-corrected chi connectivity index (χ1v) is 31.6. The van der Waals surface area contributed by atoms with Crippen molar-refractivity contribution in [1.29, 1.82) is 0 Å². The fraction of sp³-hybridized carbons (Fsp3) is 0.450. The largest absolute Gasteiger partial charge is 0.0587 e. The minimum absolute atomic E-state index is 0.352. The quantitative estimate of drug-likeness (QED) is 0.0668. The van der Waals surface area contributed by atoms with Crippen LogP contribution in [0.2, 0.25) is 0 Å². The molecule has 420 valence electrons. The molecule has 0 bridgehead atoms. The summed E-state index contributed by atoms with van der Waals surface area (Å²) >= 11 is 0. The van der Waals surface area contributed by atoms with Gasteiger partial charge in [0.25, 0.3) is 0 Å². The van der Waals surface area contributed by atoms with Crippen molar-refractivity contribution in [2.75, 3.05) is 0 Å². The van der Waals surface area contributed by atoms with Crippen LogP contribution >= 0.6 is 0 Å². The van der Waals surface area contributed by atoms with Crippen molar-refractivity contribution in [3.63, 3.8) is 0 Å². The first-order chi connectivity index (χ1) is 37.6. The summed E-state index contributed by atoms with van der Waals surface area (Å²) in [6.07, 6.45) is 0. The SMILES string of the molecule is CC(C)c1cc(C(C)C)c(-c2cc3cc(-c4c(C(C)C)cc(C(C)C)cc4C(C)C)cc4c5cc(-c6c(C(C)C)cc(C(C)C)cc6C(C)C)cc6cc(-c7c(C(C)C)cc(C(C)C)cc7C(C)C)cc(c(c2)c34)c65)c(C(C)C)c1. The summed E-state index contributed by atoms with van der Waals surface area (Å²) in [5.74, 6) is 4.57. The molecule has 0 aliphatic heterocycles. The monoisotopic (exact) mass is 1060 g/mol. The second-order valence-corrected chi connectivity index (χ2v) is 28.4. The average Bonchev–Trinajstić information content (AvgIpc) is 3.39. The summed E-state index contributed by atoms with van der Waals surface area (Å²) in [5, 5.41) is 10.8. The zero-order chi connectivity index (χ0) is 58.4. The van der Waals surface area contributed by atoms with Crippen LogP contribution in [0.25, 0.3) is 87.6 Å². The maximum absolute atomic E-state index is 2.65. The molecule has 0 spiro atoms. The molecule has 0 heteroatoms. The summed E-state index contributed by atoms with van der Waals surface area (Å²) < 4.78 is 0. The Morgan fingerprint density at radius 2 is 0.325 bits per heavy atom. The molecule has 9 aromatic rings. The van der Waals surface area contributed by atoms with Gasteiger partial charge in [-0.15, -0.1) is 0 Å². The molecule has 0 unspecified atom stereocenters. The molecule has 0 atom stereocenters. The summed E-state index contributed by atoms with van der Waals surface area (Å²) in [6, 6.07) is 41.5. The maximum atomic E-state index is 2.65. The molecule has 0 aliphatic carbocycles. The molecule has 0 saturated carbocycles. The van der Waals surface area contributed by atoms with Gasteiger partial charge in [0.05, 0.1) is 0 Å². The predicted octanol–water partition coefficient (Wildman–Crippen LogP) is 25.9. The highest BCUT2D eigenvalue weighted by Gasteiger charge is 2.28. The zero-order valence-corrected chi connectivity index (χ0v) is 54.2. The van der Waals surface area contributed by atoms with E-state index in [1.807, 2.05) is 0 Å². The molecule has 0 aromatic heterocycles. The lowest BCUT2D eigenvalue weighted by atomic mass is 9.77. The number of rotatable bonds is 16. The predicted molar refractivity (Wildman–Crippen MR) is 358 cm³/mol. The smallest absolute Gasteiger partial charge is 0.00255 e. The minimum atomic E-state index is 0.352. The zero-order valence-electron chi connectivity index (χ0n) is 54.2. The van der Waals surface area contributed by atoms with Gasteiger partial charge in [0, 0.05) is 0 Å². The Morgan fingerprint density at radius 3 is 0.450 bits per heavy atom. The molecule has 0 nitrogen and oxygen atoms in total. The molecule has 0 fully saturated rings. The summed E-state index contributed by atoms with van der Waals surface area (Å²) in [7, 11) is 0. The van der Waals surface area contributed by atoms with E-state index in [9.17, 15) is 0 Å². The lowest BCUT2D eigenvalue weighted by Crippen LogP contribution is -2.05. The van der Waals surface area contributed by atoms with Crippen LogP contribution in [0.1, 0.15) is 304 Å². The number of benzene rings is 9. The van der Waals surface area contributed by atoms with Gasteiger partial charge in [-0.2, -0.15) is 0 Å². The van der Waals surface area contributed by atoms with Crippen LogP contribution in [0.5, 0.6) is 0 Å². The van der Waals surface area contributed by atoms with E-state index >= 15 is 0 Å². The third kappa shape index (κ3) is 10.6. The Morgan fingerprint density at radius 1 is 0.175 bits per heavy atom. The average molecular weight is 1060 g/mol. The number of fused-ring (bicyclic) bond motifs is 2. The van der Waals surface area contributed by atoms with Gasteiger partial charge in [-0.3, -0.25) is 0 Å². The van der Waals surface area contributed by atoms with Crippen LogP contribution in [-0.4, -0.2) is 0 Å². The van der Waals surface area contributed by atoms with Gasteiger partial charge in [-0.05, 0) is 274 Å². The standard InChI is InChI=1S/C80H100/c1-41(2)53-29-63(45(9)10)75(64(30-53)46(11)12)59-25-57-26-60(76-65(47(13)14)31-54(42(3)4)32-66(76)48(15)16)39-73-74-40-62(78-69(51(21)22)35-56(44(7)8)36-70(78)52(23)24)28-58-27-61(38-72(80(58)74)71(37-59)79(57)73)77-67(49(17)18)33-55(43(5)6)34-68(77)50(19)20/h25-52H,1-24H3. The molecule has 0 amide bonds. The van der Waals surface area contributed by atoms with E-state index in [1.54, 1.807) is 0 Å². The van der Waals surface area contributed by atoms with Gasteiger partial charge in [0.1, 0.15) is 0 Å². The van der Waals surface area contributed by atoms with E-state index in [1.165, 1.54) is 154 Å². The Bertz CT molecular complexity index is 3170. The molecule has 0 N–H and O–H groups in total. The lowest BCUT2D eigenvalue weighted by Gasteiger charge is -2.27. The molecule has 0 aliphatic rings. The number of hydrogen-bond acceptors (Lipinski definition) is 0. The van der Waals surface area contributed by atoms with Gasteiger partial charge >= 0.3 is 0 Å². The first-order valence-electron chi connectivity index (χ1n) is 31.6. The van der Waals surface area contributed by atoms with E-state index in [0.717, 1.165) is 0 Å². The number of hydrogen-bond donors (Lipinski definition) is 0. The third-order valence-corrected chi connectivity index (χ3v) is 18.4. The van der Waals surface area contributed by atoms with Crippen molar-refractivity contribution >= 4 is 43.1 Å². The molecule has 9 aromatic carbocycles. The third-order valence-electron chi connectivity index (χ3n) is 18.4. The second kappa shape index (κ2) is 22.6. The van der Waals surface area contributed by atoms with Gasteiger partial charge in [0.2, 0.25) is 0 Å². The van der Waals surface area contributed by atoms with Gasteiger partial charge in [0.15, 0.2) is 0 Å². The van der Waals surface area contributed by atoms with E-state index in [2.05, 4.69) is 263 Å². The van der Waals surface area contributed by atoms with Gasteiger partial charge in [-0.25, -0.2) is 0 Å². The van der Waals surface area contributed by atoms with Crippen molar-refractivity contribution in [2.24, 2.45) is 0 Å². The van der Waals surface area contributed by atoms with Crippen molar-refractivity contribution < 1.29 is 0 Å². The van der Waals surface area contributed by atoms with E-state index in [4.69, 9.17) is 0 Å². The topological polar surface area (TPSA) is 0 Å². The molecule has 0 heterocycles. The van der Waals surface area contributed by atoms with E-state index in [0.29, 0.717) is 71.0 Å². The molecule has 0 radical (unpaired) electrons. The van der Waals surface area contributed by atoms with Gasteiger partial charge in [-0.1, -0.05) is 215 Å². The Balaban J connectivity index is 1.59. The van der Waals surface area contributed by atoms with Crippen molar-refractivity contribution in [3.8, 4) is 44.5 Å². The van der Waals surface area contributed by atoms with Crippen LogP contribution in [0, 0.1) is 0 Å². The Labute approximate surface area is 486 Å². The molecule has 9 rings (SSSR count). The highest BCUT2D eigenvalue weighted by atomic mass is 14.3. The van der Waals surface area contributed by atoms with Crippen molar-refractivity contribution in [2.45, 2.75) is 237 Å². The van der Waals surface area contributed by atoms with Crippen LogP contribution in [0.15, 0.2) is 97.1 Å². The lowest BCUT2D eigenvalue weighted by molar-refractivity contribution is 0.807. The van der Waals surface area contributed by atoms with Crippen molar-refractivity contribution in [1.82, 2.24) is 0 Å². The van der Waals surface area contributed by atoms with Crippen LogP contribution in [0.3, 0.4) is 0 Å². The van der Waals surface area contributed by atoms with Gasteiger partial charge < -0.3 is 0 Å². The Hall–Kier alpha value is -5.72. The summed E-state index contributed by atoms with van der Waals surface area (Å²) in [6.45, 7) is 57.4. The van der Waals surface area contributed by atoms with E-state index in [-0.39, 0.29) is 0 Å². The van der Waals surface area contributed by atoms with Crippen LogP contribution < -0.4 is 0 Å². The summed E-state index contributed by atoms with van der Waals surface area (Å²) in [4.78, 5) is 0. The fourth-order valence-electron chi connectivity index (χ4n) is 13.6. The first kappa shape index (κ1) is 58.9. The molecule has 0 saturated heterocycles. The maximum Gasteiger partial charge on any atom is -0.00255 e. The summed E-state index contributed by atoms with van der Waals surface area (Å²) in [5.41, 5.74) is 28.4. The van der Waals surface area contributed by atoms with Crippen LogP contribution in [-0.2, 0) is 0 Å². The fourth-order valence-corrected chi connectivity index (χ4v) is 13.6. The van der Waals surface area contributed by atoms with Crippen molar-refractivity contribution in [3.05, 3.63) is 164 Å². The highest BCUT2D eigenvalue weighted by molar-refractivity contribution is 6.35. The Kier molecular flexibility index (Phi) is 16.6. The second-order valence-electron chi connectivity index (χ2n) is 28.4. The molecule has 80 heavy (non-hydrogen) atoms. The molecular weight excluding hydrogens is 961 g/mol. The van der Waals surface area contributed by atoms with E-state index < -0.39 is 0 Å². The highest BCUT2D eigenvalue weighted by Crippen LogP contribution is 2.52. The minimum Gasteiger partial charge on any atom is -0.0587 e. The normalized spacial score (nSPS) is 12.8.